The van der Waals surface area contributed by atoms with Crippen LogP contribution in [0.15, 0.2) is 53.5 Å². The first-order valence-corrected chi connectivity index (χ1v) is 11.5. The summed E-state index contributed by atoms with van der Waals surface area (Å²) in [6.07, 6.45) is 0. The smallest absolute Gasteiger partial charge is 0.279 e. The van der Waals surface area contributed by atoms with E-state index < -0.39 is 9.84 Å². The van der Waals surface area contributed by atoms with Crippen LogP contribution < -0.4 is 4.90 Å². The van der Waals surface area contributed by atoms with Gasteiger partial charge in [0.2, 0.25) is 0 Å². The normalized spacial score (nSPS) is 25.0. The molecule has 0 bridgehead atoms. The molecule has 2 aliphatic rings. The Morgan fingerprint density at radius 1 is 1.19 bits per heavy atom. The van der Waals surface area contributed by atoms with Crippen LogP contribution in [0.2, 0.25) is 5.02 Å². The van der Waals surface area contributed by atoms with Gasteiger partial charge in [-0.15, -0.1) is 0 Å². The Hall–Kier alpha value is -1.83. The number of rotatable bonds is 2. The number of sulfone groups is 1. The van der Waals surface area contributed by atoms with Gasteiger partial charge in [-0.3, -0.25) is 4.79 Å². The highest BCUT2D eigenvalue weighted by atomic mass is 35.5. The quantitative estimate of drug-likeness (QED) is 0.743. The molecule has 2 saturated heterocycles. The Morgan fingerprint density at radius 2 is 1.93 bits per heavy atom. The molecular weight excluding hydrogens is 404 g/mol. The molecule has 0 saturated carbocycles. The number of halogens is 1. The Balaban J connectivity index is 1.72. The second kappa shape index (κ2) is 6.96. The number of carbonyl (C=O) groups excluding carboxylic acids is 1. The Morgan fingerprint density at radius 3 is 2.63 bits per heavy atom. The van der Waals surface area contributed by atoms with Gasteiger partial charge >= 0.3 is 0 Å². The largest absolute Gasteiger partial charge is 0.316 e. The highest BCUT2D eigenvalue weighted by Crippen LogP contribution is 2.41. The van der Waals surface area contributed by atoms with Gasteiger partial charge in [0.05, 0.1) is 17.5 Å². The number of carbonyl (C=O) groups is 1. The zero-order valence-corrected chi connectivity index (χ0v) is 16.9. The molecule has 2 aliphatic heterocycles. The number of hydrogen-bond donors (Lipinski definition) is 0. The van der Waals surface area contributed by atoms with Gasteiger partial charge in [0.1, 0.15) is 0 Å². The molecule has 2 heterocycles. The van der Waals surface area contributed by atoms with E-state index in [1.807, 2.05) is 36.1 Å². The molecule has 0 spiro atoms. The van der Waals surface area contributed by atoms with E-state index in [9.17, 15) is 13.2 Å². The minimum atomic E-state index is -3.09. The molecule has 1 amide bonds. The number of aliphatic imine (C=N–C) groups is 1. The van der Waals surface area contributed by atoms with Crippen LogP contribution in [-0.2, 0) is 9.84 Å². The lowest BCUT2D eigenvalue weighted by atomic mass is 10.1. The number of anilines is 1. The van der Waals surface area contributed by atoms with Crippen molar-refractivity contribution >= 4 is 50.0 Å². The van der Waals surface area contributed by atoms with E-state index in [0.717, 1.165) is 11.3 Å². The van der Waals surface area contributed by atoms with Crippen LogP contribution in [0.4, 0.5) is 5.69 Å². The van der Waals surface area contributed by atoms with Gasteiger partial charge in [-0.1, -0.05) is 41.1 Å². The molecular formula is C19H17ClN2O3S2. The Kier molecular flexibility index (Phi) is 4.78. The average molecular weight is 421 g/mol. The van der Waals surface area contributed by atoms with Crippen molar-refractivity contribution in [2.75, 3.05) is 16.4 Å². The summed E-state index contributed by atoms with van der Waals surface area (Å²) in [5, 5.41) is 0.999. The maximum atomic E-state index is 12.7. The fourth-order valence-corrected chi connectivity index (χ4v) is 7.44. The van der Waals surface area contributed by atoms with E-state index in [-0.39, 0.29) is 28.7 Å². The van der Waals surface area contributed by atoms with Crippen LogP contribution in [0, 0.1) is 6.92 Å². The highest BCUT2D eigenvalue weighted by molar-refractivity contribution is 8.16. The molecule has 0 aromatic heterocycles. The van der Waals surface area contributed by atoms with Crippen LogP contribution in [-0.4, -0.2) is 42.3 Å². The molecule has 140 valence electrons. The number of fused-ring (bicyclic) bond motifs is 1. The van der Waals surface area contributed by atoms with Crippen LogP contribution in [0.5, 0.6) is 0 Å². The molecule has 2 atom stereocenters. The predicted octanol–water partition coefficient (Wildman–Crippen LogP) is 3.56. The van der Waals surface area contributed by atoms with Crippen molar-refractivity contribution in [1.82, 2.24) is 0 Å². The van der Waals surface area contributed by atoms with Crippen LogP contribution in [0.1, 0.15) is 15.9 Å². The SMILES string of the molecule is Cc1cccc(C(=O)N=C2SC3CS(=O)(=O)CC3N2c2ccc(Cl)cc2)c1. The number of aryl methyl sites for hydroxylation is 1. The molecule has 4 rings (SSSR count). The Labute approximate surface area is 167 Å². The van der Waals surface area contributed by atoms with Crippen molar-refractivity contribution in [1.29, 1.82) is 0 Å². The van der Waals surface area contributed by atoms with Gasteiger partial charge in [0.25, 0.3) is 5.91 Å². The Bertz CT molecular complexity index is 1040. The van der Waals surface area contributed by atoms with E-state index in [1.54, 1.807) is 24.3 Å². The second-order valence-corrected chi connectivity index (χ2v) is 10.5. The van der Waals surface area contributed by atoms with Gasteiger partial charge < -0.3 is 4.90 Å². The van der Waals surface area contributed by atoms with Gasteiger partial charge in [0, 0.05) is 21.5 Å². The molecule has 5 nitrogen and oxygen atoms in total. The first-order chi connectivity index (χ1) is 12.8. The van der Waals surface area contributed by atoms with E-state index in [0.29, 0.717) is 15.8 Å². The number of thioether (sulfide) groups is 1. The minimum Gasteiger partial charge on any atom is -0.316 e. The van der Waals surface area contributed by atoms with Crippen molar-refractivity contribution in [3.05, 3.63) is 64.7 Å². The van der Waals surface area contributed by atoms with Crippen LogP contribution in [0.3, 0.4) is 0 Å². The third-order valence-corrected chi connectivity index (χ3v) is 8.10. The monoisotopic (exact) mass is 420 g/mol. The summed E-state index contributed by atoms with van der Waals surface area (Å²) >= 11 is 7.35. The summed E-state index contributed by atoms with van der Waals surface area (Å²) in [6, 6.07) is 14.2. The lowest BCUT2D eigenvalue weighted by molar-refractivity contribution is 0.100. The third-order valence-electron chi connectivity index (χ3n) is 4.63. The zero-order chi connectivity index (χ0) is 19.2. The molecule has 2 unspecified atom stereocenters. The maximum Gasteiger partial charge on any atom is 0.279 e. The van der Waals surface area contributed by atoms with Crippen molar-refractivity contribution in [2.45, 2.75) is 18.2 Å². The summed E-state index contributed by atoms with van der Waals surface area (Å²) in [5.41, 5.74) is 2.29. The summed E-state index contributed by atoms with van der Waals surface area (Å²) < 4.78 is 24.2. The summed E-state index contributed by atoms with van der Waals surface area (Å²) in [7, 11) is -3.09. The van der Waals surface area contributed by atoms with E-state index in [2.05, 4.69) is 4.99 Å². The van der Waals surface area contributed by atoms with Crippen molar-refractivity contribution in [3.63, 3.8) is 0 Å². The summed E-state index contributed by atoms with van der Waals surface area (Å²) in [4.78, 5) is 18.9. The number of hydrogen-bond acceptors (Lipinski definition) is 4. The maximum absolute atomic E-state index is 12.7. The van der Waals surface area contributed by atoms with E-state index in [1.165, 1.54) is 11.8 Å². The fraction of sp³-hybridized carbons (Fsp3) is 0.263. The van der Waals surface area contributed by atoms with Gasteiger partial charge in [-0.2, -0.15) is 4.99 Å². The van der Waals surface area contributed by atoms with E-state index >= 15 is 0 Å². The minimum absolute atomic E-state index is 0.0605. The molecule has 0 N–H and O–H groups in total. The van der Waals surface area contributed by atoms with E-state index in [4.69, 9.17) is 11.6 Å². The molecule has 8 heteroatoms. The number of nitrogens with zero attached hydrogens (tertiary/aromatic N) is 2. The molecule has 2 aromatic carbocycles. The highest BCUT2D eigenvalue weighted by Gasteiger charge is 2.49. The molecule has 27 heavy (non-hydrogen) atoms. The third kappa shape index (κ3) is 3.77. The van der Waals surface area contributed by atoms with Crippen molar-refractivity contribution < 1.29 is 13.2 Å². The van der Waals surface area contributed by atoms with Crippen molar-refractivity contribution in [2.24, 2.45) is 4.99 Å². The summed E-state index contributed by atoms with van der Waals surface area (Å²) in [5.74, 6) is -0.169. The number of amidine groups is 1. The zero-order valence-electron chi connectivity index (χ0n) is 14.5. The average Bonchev–Trinajstić information content (AvgIpc) is 3.07. The summed E-state index contributed by atoms with van der Waals surface area (Å²) in [6.45, 7) is 1.92. The van der Waals surface area contributed by atoms with Gasteiger partial charge in [0.15, 0.2) is 15.0 Å². The van der Waals surface area contributed by atoms with Crippen molar-refractivity contribution in [3.8, 4) is 0 Å². The second-order valence-electron chi connectivity index (χ2n) is 6.72. The number of benzene rings is 2. The molecule has 0 aliphatic carbocycles. The first-order valence-electron chi connectivity index (χ1n) is 8.44. The lowest BCUT2D eigenvalue weighted by Gasteiger charge is -2.24. The van der Waals surface area contributed by atoms with Gasteiger partial charge in [-0.05, 0) is 43.3 Å². The predicted molar refractivity (Wildman–Crippen MR) is 111 cm³/mol. The lowest BCUT2D eigenvalue weighted by Crippen LogP contribution is -2.37. The number of amides is 1. The fourth-order valence-electron chi connectivity index (χ4n) is 3.40. The molecule has 0 radical (unpaired) electrons. The van der Waals surface area contributed by atoms with Crippen LogP contribution >= 0.6 is 23.4 Å². The van der Waals surface area contributed by atoms with Gasteiger partial charge in [-0.25, -0.2) is 8.42 Å². The van der Waals surface area contributed by atoms with Crippen LogP contribution in [0.25, 0.3) is 0 Å². The standard InChI is InChI=1S/C19H17ClN2O3S2/c1-12-3-2-4-13(9-12)18(23)21-19-22(15-7-5-14(20)6-8-15)16-10-27(24,25)11-17(16)26-19/h2-9,16-17H,10-11H2,1H3. The molecule has 2 fully saturated rings. The topological polar surface area (TPSA) is 66.8 Å². The first kappa shape index (κ1) is 18.5. The molecule has 2 aromatic rings.